The van der Waals surface area contributed by atoms with Crippen LogP contribution in [0.4, 0.5) is 0 Å². The predicted octanol–water partition coefficient (Wildman–Crippen LogP) is 3.47. The van der Waals surface area contributed by atoms with Crippen LogP contribution in [0.5, 0.6) is 11.5 Å². The van der Waals surface area contributed by atoms with Gasteiger partial charge in [0.05, 0.1) is 0 Å². The molecule has 1 N–H and O–H groups in total. The fourth-order valence-corrected chi connectivity index (χ4v) is 5.67. The zero-order valence-electron chi connectivity index (χ0n) is 12.4. The van der Waals surface area contributed by atoms with Gasteiger partial charge in [0.25, 0.3) is 0 Å². The van der Waals surface area contributed by atoms with Crippen molar-refractivity contribution in [3.8, 4) is 11.5 Å². The van der Waals surface area contributed by atoms with Crippen molar-refractivity contribution in [3.05, 3.63) is 23.8 Å². The van der Waals surface area contributed by atoms with E-state index in [0.29, 0.717) is 12.3 Å². The minimum absolute atomic E-state index is 0.362. The average molecular weight is 285 g/mol. The van der Waals surface area contributed by atoms with Gasteiger partial charge in [0, 0.05) is 12.1 Å². The zero-order valence-corrected chi connectivity index (χ0v) is 12.4. The van der Waals surface area contributed by atoms with Crippen LogP contribution in [0.25, 0.3) is 0 Å². The van der Waals surface area contributed by atoms with Crippen molar-refractivity contribution in [2.75, 3.05) is 6.79 Å². The minimum atomic E-state index is 0.362. The van der Waals surface area contributed by atoms with Gasteiger partial charge in [-0.3, -0.25) is 0 Å². The van der Waals surface area contributed by atoms with Crippen LogP contribution < -0.4 is 14.8 Å². The molecule has 4 saturated carbocycles. The first kappa shape index (κ1) is 12.3. The summed E-state index contributed by atoms with van der Waals surface area (Å²) in [6.45, 7) is 1.32. The number of ether oxygens (including phenoxy) is 2. The molecule has 0 unspecified atom stereocenters. The Hall–Kier alpha value is -1.22. The summed E-state index contributed by atoms with van der Waals surface area (Å²) in [5, 5.41) is 3.94. The lowest BCUT2D eigenvalue weighted by Crippen LogP contribution is -2.58. The van der Waals surface area contributed by atoms with Crippen LogP contribution in [0.15, 0.2) is 18.2 Å². The van der Waals surface area contributed by atoms with Crippen LogP contribution in [0.2, 0.25) is 0 Å². The van der Waals surface area contributed by atoms with E-state index >= 15 is 0 Å². The standard InChI is InChI=1S/C18H23NO2/c1-2-16-17(21-11-20-16)6-12(1)10-19-18-7-13-3-14(8-18)5-15(4-13)9-18/h1-2,6,13-15,19H,3-5,7-11H2. The summed E-state index contributed by atoms with van der Waals surface area (Å²) in [7, 11) is 0. The van der Waals surface area contributed by atoms with Crippen molar-refractivity contribution >= 4 is 0 Å². The Labute approximate surface area is 126 Å². The first-order valence-electron chi connectivity index (χ1n) is 8.42. The molecule has 21 heavy (non-hydrogen) atoms. The molecule has 112 valence electrons. The smallest absolute Gasteiger partial charge is 0.231 e. The molecule has 1 heterocycles. The van der Waals surface area contributed by atoms with Crippen molar-refractivity contribution in [1.82, 2.24) is 5.32 Å². The molecule has 4 fully saturated rings. The molecule has 1 aliphatic heterocycles. The molecule has 3 nitrogen and oxygen atoms in total. The van der Waals surface area contributed by atoms with E-state index in [-0.39, 0.29) is 0 Å². The van der Waals surface area contributed by atoms with Gasteiger partial charge in [0.1, 0.15) is 0 Å². The lowest BCUT2D eigenvalue weighted by atomic mass is 9.53. The second-order valence-corrected chi connectivity index (χ2v) is 7.74. The Morgan fingerprint density at radius 1 is 0.952 bits per heavy atom. The number of hydrogen-bond donors (Lipinski definition) is 1. The monoisotopic (exact) mass is 285 g/mol. The van der Waals surface area contributed by atoms with E-state index in [4.69, 9.17) is 9.47 Å². The second-order valence-electron chi connectivity index (χ2n) is 7.74. The molecule has 1 aromatic rings. The molecule has 0 radical (unpaired) electrons. The van der Waals surface area contributed by atoms with Gasteiger partial charge < -0.3 is 14.8 Å². The maximum absolute atomic E-state index is 5.48. The van der Waals surface area contributed by atoms with E-state index in [1.807, 2.05) is 6.07 Å². The fraction of sp³-hybridized carbons (Fsp3) is 0.667. The Kier molecular flexibility index (Phi) is 2.58. The van der Waals surface area contributed by atoms with E-state index in [1.165, 1.54) is 44.1 Å². The highest BCUT2D eigenvalue weighted by Crippen LogP contribution is 2.55. The lowest BCUT2D eigenvalue weighted by molar-refractivity contribution is -0.0206. The first-order chi connectivity index (χ1) is 10.3. The van der Waals surface area contributed by atoms with Crippen LogP contribution in [-0.2, 0) is 6.54 Å². The molecule has 0 spiro atoms. The first-order valence-corrected chi connectivity index (χ1v) is 8.42. The molecule has 1 aromatic carbocycles. The average Bonchev–Trinajstić information content (AvgIpc) is 2.91. The molecule has 5 aliphatic rings. The van der Waals surface area contributed by atoms with Crippen molar-refractivity contribution < 1.29 is 9.47 Å². The summed E-state index contributed by atoms with van der Waals surface area (Å²) in [4.78, 5) is 0. The largest absolute Gasteiger partial charge is 0.454 e. The van der Waals surface area contributed by atoms with Gasteiger partial charge in [-0.2, -0.15) is 0 Å². The number of benzene rings is 1. The van der Waals surface area contributed by atoms with Crippen LogP contribution in [0.1, 0.15) is 44.1 Å². The number of rotatable bonds is 3. The molecular formula is C18H23NO2. The van der Waals surface area contributed by atoms with E-state index in [0.717, 1.165) is 35.8 Å². The molecule has 0 atom stereocenters. The summed E-state index contributed by atoms with van der Waals surface area (Å²) in [5.74, 6) is 4.79. The maximum atomic E-state index is 5.48. The Balaban J connectivity index is 1.32. The van der Waals surface area contributed by atoms with Crippen LogP contribution in [0, 0.1) is 17.8 Å². The van der Waals surface area contributed by atoms with Crippen molar-refractivity contribution in [3.63, 3.8) is 0 Å². The van der Waals surface area contributed by atoms with Crippen LogP contribution >= 0.6 is 0 Å². The SMILES string of the molecule is c1cc2c(cc1CNC13CC4CC(CC(C4)C1)C3)OCO2. The van der Waals surface area contributed by atoms with Crippen molar-refractivity contribution in [1.29, 1.82) is 0 Å². The number of fused-ring (bicyclic) bond motifs is 1. The molecule has 6 rings (SSSR count). The fourth-order valence-electron chi connectivity index (χ4n) is 5.67. The topological polar surface area (TPSA) is 30.5 Å². The van der Waals surface area contributed by atoms with Gasteiger partial charge in [0.2, 0.25) is 6.79 Å². The third kappa shape index (κ3) is 2.05. The molecule has 4 bridgehead atoms. The highest BCUT2D eigenvalue weighted by atomic mass is 16.7. The highest BCUT2D eigenvalue weighted by molar-refractivity contribution is 5.44. The van der Waals surface area contributed by atoms with Crippen LogP contribution in [0.3, 0.4) is 0 Å². The van der Waals surface area contributed by atoms with Gasteiger partial charge in [-0.25, -0.2) is 0 Å². The summed E-state index contributed by atoms with van der Waals surface area (Å²) < 4.78 is 10.9. The highest BCUT2D eigenvalue weighted by Gasteiger charge is 2.50. The van der Waals surface area contributed by atoms with Crippen molar-refractivity contribution in [2.24, 2.45) is 17.8 Å². The van der Waals surface area contributed by atoms with Gasteiger partial charge >= 0.3 is 0 Å². The molecule has 0 saturated heterocycles. The normalized spacial score (nSPS) is 39.0. The Morgan fingerprint density at radius 3 is 2.33 bits per heavy atom. The van der Waals surface area contributed by atoms with Gasteiger partial charge in [-0.05, 0) is 74.0 Å². The van der Waals surface area contributed by atoms with Gasteiger partial charge in [-0.15, -0.1) is 0 Å². The Bertz CT molecular complexity index is 533. The van der Waals surface area contributed by atoms with Crippen LogP contribution in [-0.4, -0.2) is 12.3 Å². The predicted molar refractivity (Wildman–Crippen MR) is 80.3 cm³/mol. The van der Waals surface area contributed by atoms with Crippen molar-refractivity contribution in [2.45, 2.75) is 50.6 Å². The maximum Gasteiger partial charge on any atom is 0.231 e. The van der Waals surface area contributed by atoms with E-state index < -0.39 is 0 Å². The summed E-state index contributed by atoms with van der Waals surface area (Å²) in [5.41, 5.74) is 1.75. The number of hydrogen-bond acceptors (Lipinski definition) is 3. The molecule has 0 aromatic heterocycles. The van der Waals surface area contributed by atoms with E-state index in [9.17, 15) is 0 Å². The minimum Gasteiger partial charge on any atom is -0.454 e. The molecule has 0 amide bonds. The molecular weight excluding hydrogens is 262 g/mol. The summed E-state index contributed by atoms with van der Waals surface area (Å²) >= 11 is 0. The molecule has 3 heteroatoms. The second kappa shape index (κ2) is 4.39. The summed E-state index contributed by atoms with van der Waals surface area (Å²) in [6.07, 6.45) is 8.73. The molecule has 4 aliphatic carbocycles. The summed E-state index contributed by atoms with van der Waals surface area (Å²) in [6, 6.07) is 6.34. The van der Waals surface area contributed by atoms with Gasteiger partial charge in [-0.1, -0.05) is 6.07 Å². The quantitative estimate of drug-likeness (QED) is 0.922. The zero-order chi connectivity index (χ0) is 13.9. The van der Waals surface area contributed by atoms with E-state index in [1.54, 1.807) is 0 Å². The van der Waals surface area contributed by atoms with Gasteiger partial charge in [0.15, 0.2) is 11.5 Å². The number of nitrogens with one attached hydrogen (secondary N) is 1. The lowest BCUT2D eigenvalue weighted by Gasteiger charge is -2.57. The third-order valence-electron chi connectivity index (χ3n) is 6.14. The third-order valence-corrected chi connectivity index (χ3v) is 6.14. The van der Waals surface area contributed by atoms with E-state index in [2.05, 4.69) is 17.4 Å². The Morgan fingerprint density at radius 2 is 1.62 bits per heavy atom.